The first-order chi connectivity index (χ1) is 18.0. The fourth-order valence-electron chi connectivity index (χ4n) is 5.75. The number of nitrogens with one attached hydrogen (secondary N) is 2. The first-order valence-electron chi connectivity index (χ1n) is 12.9. The summed E-state index contributed by atoms with van der Waals surface area (Å²) in [4.78, 5) is 13.7. The average molecular weight is 498 g/mol. The Labute approximate surface area is 215 Å². The number of aromatic nitrogens is 2. The number of H-pyrrole nitrogens is 1. The molecule has 0 unspecified atom stereocenters. The standard InChI is InChI=1S/C30H29F2N5/c1-33-23-5-2-4-21(16-23)20-8-10-22(11-9-20)30(12-14-37(15-13-30)24-6-3-7-24)19-34-29-35-27-17-25(31)26(32)18-28(27)36-29/h2,4-5,8-11,16-18,24H,3,6-7,12-15,19H2,(H2,34,35,36). The quantitative estimate of drug-likeness (QED) is 0.281. The topological polar surface area (TPSA) is 48.3 Å². The number of fused-ring (bicyclic) bond motifs is 1. The van der Waals surface area contributed by atoms with Crippen molar-refractivity contribution in [2.24, 2.45) is 0 Å². The molecule has 0 atom stereocenters. The predicted octanol–water partition coefficient (Wildman–Crippen LogP) is 7.06. The summed E-state index contributed by atoms with van der Waals surface area (Å²) in [6.07, 6.45) is 5.97. The molecular weight excluding hydrogens is 468 g/mol. The third-order valence-corrected chi connectivity index (χ3v) is 8.27. The Morgan fingerprint density at radius 3 is 2.46 bits per heavy atom. The molecular formula is C30H29F2N5. The molecule has 0 amide bonds. The Bertz CT molecular complexity index is 1420. The fraction of sp³-hybridized carbons (Fsp3) is 0.333. The third kappa shape index (κ3) is 4.58. The third-order valence-electron chi connectivity index (χ3n) is 8.27. The van der Waals surface area contributed by atoms with Crippen molar-refractivity contribution in [3.8, 4) is 11.1 Å². The van der Waals surface area contributed by atoms with Crippen LogP contribution in [-0.4, -0.2) is 40.5 Å². The maximum absolute atomic E-state index is 13.7. The molecule has 1 aromatic heterocycles. The number of likely N-dealkylation sites (tertiary alicyclic amines) is 1. The van der Waals surface area contributed by atoms with Crippen LogP contribution < -0.4 is 5.32 Å². The smallest absolute Gasteiger partial charge is 0.201 e. The minimum atomic E-state index is -0.896. The van der Waals surface area contributed by atoms with Crippen LogP contribution in [0.2, 0.25) is 0 Å². The van der Waals surface area contributed by atoms with Gasteiger partial charge in [0.05, 0.1) is 17.6 Å². The number of anilines is 1. The number of rotatable bonds is 6. The van der Waals surface area contributed by atoms with Gasteiger partial charge in [-0.25, -0.2) is 18.6 Å². The second kappa shape index (κ2) is 9.60. The molecule has 6 rings (SSSR count). The number of hydrogen-bond acceptors (Lipinski definition) is 3. The Balaban J connectivity index is 1.26. The van der Waals surface area contributed by atoms with Gasteiger partial charge in [-0.1, -0.05) is 48.9 Å². The van der Waals surface area contributed by atoms with Crippen LogP contribution in [0.15, 0.2) is 60.7 Å². The van der Waals surface area contributed by atoms with Crippen LogP contribution in [0.3, 0.4) is 0 Å². The lowest BCUT2D eigenvalue weighted by Crippen LogP contribution is -2.51. The van der Waals surface area contributed by atoms with Crippen molar-refractivity contribution in [3.05, 3.63) is 89.3 Å². The van der Waals surface area contributed by atoms with E-state index in [1.807, 2.05) is 24.3 Å². The zero-order chi connectivity index (χ0) is 25.4. The first kappa shape index (κ1) is 23.6. The van der Waals surface area contributed by atoms with Crippen LogP contribution in [0.5, 0.6) is 0 Å². The number of aromatic amines is 1. The highest BCUT2D eigenvalue weighted by Crippen LogP contribution is 2.39. The summed E-state index contributed by atoms with van der Waals surface area (Å²) in [7, 11) is 0. The molecule has 1 saturated carbocycles. The molecule has 2 aliphatic rings. The van der Waals surface area contributed by atoms with E-state index in [0.717, 1.165) is 55.2 Å². The number of imidazole rings is 1. The lowest BCUT2D eigenvalue weighted by Gasteiger charge is -2.47. The first-order valence-corrected chi connectivity index (χ1v) is 12.9. The van der Waals surface area contributed by atoms with Gasteiger partial charge in [0.1, 0.15) is 0 Å². The van der Waals surface area contributed by atoms with Crippen LogP contribution in [0.1, 0.15) is 37.7 Å². The molecule has 0 radical (unpaired) electrons. The van der Waals surface area contributed by atoms with E-state index in [0.29, 0.717) is 29.2 Å². The van der Waals surface area contributed by atoms with Crippen molar-refractivity contribution in [1.29, 1.82) is 0 Å². The average Bonchev–Trinajstić information content (AvgIpc) is 3.29. The molecule has 5 nitrogen and oxygen atoms in total. The summed E-state index contributed by atoms with van der Waals surface area (Å²) in [5.41, 5.74) is 4.82. The largest absolute Gasteiger partial charge is 0.355 e. The highest BCUT2D eigenvalue weighted by molar-refractivity contribution is 5.77. The molecule has 188 valence electrons. The summed E-state index contributed by atoms with van der Waals surface area (Å²) in [6.45, 7) is 10.1. The molecule has 1 saturated heterocycles. The van der Waals surface area contributed by atoms with Crippen molar-refractivity contribution < 1.29 is 8.78 Å². The maximum Gasteiger partial charge on any atom is 0.201 e. The summed E-state index contributed by atoms with van der Waals surface area (Å²) >= 11 is 0. The molecule has 2 fully saturated rings. The van der Waals surface area contributed by atoms with Gasteiger partial charge in [-0.3, -0.25) is 0 Å². The SMILES string of the molecule is [C-]#[N+]c1cccc(-c2ccc(C3(CNc4nc5cc(F)c(F)cc5[nH]4)CCN(C4CCC4)CC3)cc2)c1. The summed E-state index contributed by atoms with van der Waals surface area (Å²) < 4.78 is 27.4. The van der Waals surface area contributed by atoms with E-state index in [1.54, 1.807) is 0 Å². The number of hydrogen-bond donors (Lipinski definition) is 2. The molecule has 1 aliphatic carbocycles. The van der Waals surface area contributed by atoms with E-state index in [-0.39, 0.29) is 5.41 Å². The van der Waals surface area contributed by atoms with Crippen LogP contribution in [0.25, 0.3) is 27.0 Å². The van der Waals surface area contributed by atoms with Gasteiger partial charge in [-0.2, -0.15) is 0 Å². The molecule has 7 heteroatoms. The van der Waals surface area contributed by atoms with Gasteiger partial charge in [0.15, 0.2) is 17.3 Å². The lowest BCUT2D eigenvalue weighted by molar-refractivity contribution is 0.0756. The summed E-state index contributed by atoms with van der Waals surface area (Å²) in [5.74, 6) is -1.26. The van der Waals surface area contributed by atoms with Gasteiger partial charge < -0.3 is 15.2 Å². The Hall–Kier alpha value is -3.76. The fourth-order valence-corrected chi connectivity index (χ4v) is 5.75. The van der Waals surface area contributed by atoms with Crippen LogP contribution in [-0.2, 0) is 5.41 Å². The van der Waals surface area contributed by atoms with Gasteiger partial charge in [0, 0.05) is 30.1 Å². The molecule has 0 spiro atoms. The summed E-state index contributed by atoms with van der Waals surface area (Å²) in [6, 6.07) is 19.4. The second-order valence-corrected chi connectivity index (χ2v) is 10.4. The van der Waals surface area contributed by atoms with Gasteiger partial charge in [0.25, 0.3) is 0 Å². The van der Waals surface area contributed by atoms with E-state index in [1.165, 1.54) is 24.8 Å². The highest BCUT2D eigenvalue weighted by atomic mass is 19.2. The molecule has 2 heterocycles. The Morgan fingerprint density at radius 2 is 1.76 bits per heavy atom. The van der Waals surface area contributed by atoms with Crippen LogP contribution in [0, 0.1) is 18.2 Å². The Kier molecular flexibility index (Phi) is 6.13. The van der Waals surface area contributed by atoms with Gasteiger partial charge in [0.2, 0.25) is 5.95 Å². The zero-order valence-corrected chi connectivity index (χ0v) is 20.6. The molecule has 37 heavy (non-hydrogen) atoms. The minimum absolute atomic E-state index is 0.0907. The number of halogens is 2. The molecule has 2 N–H and O–H groups in total. The van der Waals surface area contributed by atoms with E-state index in [9.17, 15) is 8.78 Å². The number of nitrogens with zero attached hydrogens (tertiary/aromatic N) is 3. The van der Waals surface area contributed by atoms with E-state index in [4.69, 9.17) is 6.57 Å². The van der Waals surface area contributed by atoms with Crippen molar-refractivity contribution in [2.45, 2.75) is 43.6 Å². The van der Waals surface area contributed by atoms with Crippen molar-refractivity contribution in [3.63, 3.8) is 0 Å². The van der Waals surface area contributed by atoms with Crippen LogP contribution >= 0.6 is 0 Å². The van der Waals surface area contributed by atoms with Crippen molar-refractivity contribution in [2.75, 3.05) is 25.0 Å². The number of piperidine rings is 1. The van der Waals surface area contributed by atoms with Gasteiger partial charge in [-0.05, 0) is 61.5 Å². The predicted molar refractivity (Wildman–Crippen MR) is 143 cm³/mol. The maximum atomic E-state index is 13.7. The molecule has 4 aromatic rings. The summed E-state index contributed by atoms with van der Waals surface area (Å²) in [5, 5.41) is 3.45. The normalized spacial score (nSPS) is 17.9. The molecule has 0 bridgehead atoms. The van der Waals surface area contributed by atoms with E-state index < -0.39 is 11.6 Å². The minimum Gasteiger partial charge on any atom is -0.355 e. The number of benzene rings is 3. The molecule has 3 aromatic carbocycles. The van der Waals surface area contributed by atoms with E-state index in [2.05, 4.69) is 49.3 Å². The van der Waals surface area contributed by atoms with Crippen LogP contribution in [0.4, 0.5) is 20.4 Å². The van der Waals surface area contributed by atoms with Gasteiger partial charge >= 0.3 is 0 Å². The van der Waals surface area contributed by atoms with E-state index >= 15 is 0 Å². The monoisotopic (exact) mass is 497 g/mol. The van der Waals surface area contributed by atoms with Gasteiger partial charge in [-0.15, -0.1) is 0 Å². The second-order valence-electron chi connectivity index (χ2n) is 10.4. The highest BCUT2D eigenvalue weighted by Gasteiger charge is 2.39. The van der Waals surface area contributed by atoms with Crippen molar-refractivity contribution >= 4 is 22.7 Å². The zero-order valence-electron chi connectivity index (χ0n) is 20.6. The molecule has 1 aliphatic heterocycles. The Morgan fingerprint density at radius 1 is 1.00 bits per heavy atom. The van der Waals surface area contributed by atoms with Crippen molar-refractivity contribution in [1.82, 2.24) is 14.9 Å². The lowest BCUT2D eigenvalue weighted by atomic mass is 9.71.